The number of hydrogen-bond donors (Lipinski definition) is 1. The molecule has 102 valence electrons. The fraction of sp³-hybridized carbons (Fsp3) is 0.667. The SMILES string of the molecule is CCCNC(c1cnccc1C)C(C)(C)N(C)C. The van der Waals surface area contributed by atoms with Crippen molar-refractivity contribution in [2.45, 2.75) is 45.7 Å². The Hall–Kier alpha value is -0.930. The molecule has 1 aromatic heterocycles. The van der Waals surface area contributed by atoms with Gasteiger partial charge >= 0.3 is 0 Å². The molecule has 18 heavy (non-hydrogen) atoms. The summed E-state index contributed by atoms with van der Waals surface area (Å²) < 4.78 is 0. The predicted molar refractivity (Wildman–Crippen MR) is 77.8 cm³/mol. The normalized spacial score (nSPS) is 13.9. The van der Waals surface area contributed by atoms with Crippen molar-refractivity contribution in [2.24, 2.45) is 0 Å². The minimum absolute atomic E-state index is 0.0446. The minimum atomic E-state index is 0.0446. The summed E-state index contributed by atoms with van der Waals surface area (Å²) in [5.41, 5.74) is 2.64. The van der Waals surface area contributed by atoms with Crippen LogP contribution in [0.25, 0.3) is 0 Å². The van der Waals surface area contributed by atoms with Gasteiger partial charge in [-0.3, -0.25) is 4.98 Å². The number of aryl methyl sites for hydroxylation is 1. The zero-order chi connectivity index (χ0) is 13.8. The van der Waals surface area contributed by atoms with E-state index in [1.165, 1.54) is 11.1 Å². The Morgan fingerprint density at radius 2 is 2.06 bits per heavy atom. The summed E-state index contributed by atoms with van der Waals surface area (Å²) in [5.74, 6) is 0. The molecular formula is C15H27N3. The zero-order valence-electron chi connectivity index (χ0n) is 12.6. The number of hydrogen-bond acceptors (Lipinski definition) is 3. The zero-order valence-corrected chi connectivity index (χ0v) is 12.6. The Labute approximate surface area is 112 Å². The summed E-state index contributed by atoms with van der Waals surface area (Å²) in [6, 6.07) is 2.38. The van der Waals surface area contributed by atoms with E-state index < -0.39 is 0 Å². The van der Waals surface area contributed by atoms with Gasteiger partial charge in [-0.15, -0.1) is 0 Å². The average molecular weight is 249 g/mol. The third-order valence-electron chi connectivity index (χ3n) is 3.85. The summed E-state index contributed by atoms with van der Waals surface area (Å²) >= 11 is 0. The van der Waals surface area contributed by atoms with Crippen molar-refractivity contribution >= 4 is 0 Å². The first-order valence-electron chi connectivity index (χ1n) is 6.72. The summed E-state index contributed by atoms with van der Waals surface area (Å²) in [4.78, 5) is 6.56. The van der Waals surface area contributed by atoms with Gasteiger partial charge in [0.25, 0.3) is 0 Å². The van der Waals surface area contributed by atoms with Gasteiger partial charge in [0.2, 0.25) is 0 Å². The first kappa shape index (κ1) is 15.1. The number of nitrogens with one attached hydrogen (secondary N) is 1. The lowest BCUT2D eigenvalue weighted by atomic mass is 9.86. The van der Waals surface area contributed by atoms with E-state index in [1.807, 2.05) is 12.4 Å². The fourth-order valence-corrected chi connectivity index (χ4v) is 2.07. The Morgan fingerprint density at radius 3 is 2.56 bits per heavy atom. The van der Waals surface area contributed by atoms with Crippen LogP contribution in [-0.4, -0.2) is 36.1 Å². The third-order valence-corrected chi connectivity index (χ3v) is 3.85. The molecule has 0 saturated carbocycles. The molecule has 3 nitrogen and oxygen atoms in total. The fourth-order valence-electron chi connectivity index (χ4n) is 2.07. The van der Waals surface area contributed by atoms with Crippen LogP contribution in [0.2, 0.25) is 0 Å². The van der Waals surface area contributed by atoms with Crippen LogP contribution in [0.15, 0.2) is 18.5 Å². The molecule has 1 N–H and O–H groups in total. The van der Waals surface area contributed by atoms with Crippen molar-refractivity contribution in [3.8, 4) is 0 Å². The number of likely N-dealkylation sites (N-methyl/N-ethyl adjacent to an activating group) is 1. The summed E-state index contributed by atoms with van der Waals surface area (Å²) in [5, 5.41) is 3.67. The van der Waals surface area contributed by atoms with Crippen molar-refractivity contribution in [2.75, 3.05) is 20.6 Å². The lowest BCUT2D eigenvalue weighted by Gasteiger charge is -2.41. The molecule has 0 radical (unpaired) electrons. The Bertz CT molecular complexity index is 372. The molecule has 0 aliphatic heterocycles. The van der Waals surface area contributed by atoms with Crippen LogP contribution >= 0.6 is 0 Å². The molecule has 1 heterocycles. The summed E-state index contributed by atoms with van der Waals surface area (Å²) in [6.45, 7) is 9.92. The smallest absolute Gasteiger partial charge is 0.0519 e. The van der Waals surface area contributed by atoms with Gasteiger partial charge in [-0.25, -0.2) is 0 Å². The second-order valence-corrected chi connectivity index (χ2v) is 5.67. The number of pyridine rings is 1. The molecule has 0 aliphatic carbocycles. The highest BCUT2D eigenvalue weighted by Crippen LogP contribution is 2.30. The average Bonchev–Trinajstić information content (AvgIpc) is 2.31. The first-order valence-corrected chi connectivity index (χ1v) is 6.72. The second kappa shape index (κ2) is 6.30. The maximum atomic E-state index is 4.29. The molecule has 1 aromatic rings. The van der Waals surface area contributed by atoms with Gasteiger partial charge in [0, 0.05) is 17.9 Å². The highest BCUT2D eigenvalue weighted by Gasteiger charge is 2.33. The van der Waals surface area contributed by atoms with Crippen molar-refractivity contribution in [1.29, 1.82) is 0 Å². The maximum Gasteiger partial charge on any atom is 0.0519 e. The van der Waals surface area contributed by atoms with E-state index in [2.05, 4.69) is 63.1 Å². The summed E-state index contributed by atoms with van der Waals surface area (Å²) in [7, 11) is 4.26. The molecule has 1 rings (SSSR count). The highest BCUT2D eigenvalue weighted by molar-refractivity contribution is 5.28. The molecule has 1 unspecified atom stereocenters. The lowest BCUT2D eigenvalue weighted by Crippen LogP contribution is -2.49. The van der Waals surface area contributed by atoms with E-state index in [9.17, 15) is 0 Å². The first-order chi connectivity index (χ1) is 8.41. The topological polar surface area (TPSA) is 28.2 Å². The monoisotopic (exact) mass is 249 g/mol. The van der Waals surface area contributed by atoms with Crippen molar-refractivity contribution < 1.29 is 0 Å². The largest absolute Gasteiger partial charge is 0.308 e. The van der Waals surface area contributed by atoms with Crippen LogP contribution in [0.4, 0.5) is 0 Å². The maximum absolute atomic E-state index is 4.29. The van der Waals surface area contributed by atoms with E-state index in [-0.39, 0.29) is 5.54 Å². The van der Waals surface area contributed by atoms with Crippen molar-refractivity contribution in [3.05, 3.63) is 29.6 Å². The standard InChI is InChI=1S/C15H27N3/c1-7-9-17-14(15(3,4)18(5)6)13-11-16-10-8-12(13)2/h8,10-11,14,17H,7,9H2,1-6H3. The van der Waals surface area contributed by atoms with Crippen LogP contribution in [0.3, 0.4) is 0 Å². The van der Waals surface area contributed by atoms with Crippen molar-refractivity contribution in [1.82, 2.24) is 15.2 Å². The van der Waals surface area contributed by atoms with Gasteiger partial charge in [-0.1, -0.05) is 6.92 Å². The number of nitrogens with zero attached hydrogens (tertiary/aromatic N) is 2. The molecule has 0 saturated heterocycles. The third kappa shape index (κ3) is 3.30. The van der Waals surface area contributed by atoms with E-state index >= 15 is 0 Å². The minimum Gasteiger partial charge on any atom is -0.308 e. The van der Waals surface area contributed by atoms with E-state index in [4.69, 9.17) is 0 Å². The molecule has 1 atom stereocenters. The predicted octanol–water partition coefficient (Wildman–Crippen LogP) is 2.77. The van der Waals surface area contributed by atoms with E-state index in [1.54, 1.807) is 0 Å². The second-order valence-electron chi connectivity index (χ2n) is 5.67. The van der Waals surface area contributed by atoms with Crippen LogP contribution in [0, 0.1) is 6.92 Å². The molecule has 3 heteroatoms. The number of rotatable bonds is 6. The molecule has 0 bridgehead atoms. The summed E-state index contributed by atoms with van der Waals surface area (Å²) in [6.07, 6.45) is 4.99. The van der Waals surface area contributed by atoms with Crippen LogP contribution < -0.4 is 5.32 Å². The van der Waals surface area contributed by atoms with Gasteiger partial charge in [0.1, 0.15) is 0 Å². The van der Waals surface area contributed by atoms with E-state index in [0.29, 0.717) is 6.04 Å². The van der Waals surface area contributed by atoms with E-state index in [0.717, 1.165) is 13.0 Å². The van der Waals surface area contributed by atoms with Crippen LogP contribution in [0.1, 0.15) is 44.4 Å². The highest BCUT2D eigenvalue weighted by atomic mass is 15.2. The molecule has 0 amide bonds. The van der Waals surface area contributed by atoms with Gasteiger partial charge in [-0.05, 0) is 65.0 Å². The molecular weight excluding hydrogens is 222 g/mol. The van der Waals surface area contributed by atoms with Gasteiger partial charge in [-0.2, -0.15) is 0 Å². The molecule has 0 aromatic carbocycles. The Balaban J connectivity index is 3.09. The van der Waals surface area contributed by atoms with Gasteiger partial charge in [0.15, 0.2) is 0 Å². The molecule has 0 aliphatic rings. The Morgan fingerprint density at radius 1 is 1.39 bits per heavy atom. The van der Waals surface area contributed by atoms with Gasteiger partial charge < -0.3 is 10.2 Å². The molecule has 0 fully saturated rings. The van der Waals surface area contributed by atoms with Crippen molar-refractivity contribution in [3.63, 3.8) is 0 Å². The number of aromatic nitrogens is 1. The lowest BCUT2D eigenvalue weighted by molar-refractivity contribution is 0.137. The van der Waals surface area contributed by atoms with Crippen LogP contribution in [-0.2, 0) is 0 Å². The quantitative estimate of drug-likeness (QED) is 0.840. The Kier molecular flexibility index (Phi) is 5.29. The van der Waals surface area contributed by atoms with Gasteiger partial charge in [0.05, 0.1) is 6.04 Å². The van der Waals surface area contributed by atoms with Crippen LogP contribution in [0.5, 0.6) is 0 Å². The molecule has 0 spiro atoms.